The lowest BCUT2D eigenvalue weighted by Crippen LogP contribution is -2.25. The highest BCUT2D eigenvalue weighted by molar-refractivity contribution is 6.00. The van der Waals surface area contributed by atoms with Crippen molar-refractivity contribution in [3.63, 3.8) is 0 Å². The van der Waals surface area contributed by atoms with Gasteiger partial charge in [0.15, 0.2) is 5.56 Å². The summed E-state index contributed by atoms with van der Waals surface area (Å²) in [4.78, 5) is 14.6. The van der Waals surface area contributed by atoms with Crippen LogP contribution in [0.4, 0.5) is 16.0 Å². The highest BCUT2D eigenvalue weighted by Crippen LogP contribution is 2.29. The van der Waals surface area contributed by atoms with Gasteiger partial charge in [0.25, 0.3) is 0 Å². The number of esters is 1. The summed E-state index contributed by atoms with van der Waals surface area (Å²) in [5.41, 5.74) is 2.27. The molecule has 0 radical (unpaired) electrons. The molecule has 3 aromatic rings. The SMILES string of the molecule is CCN(CCCNc1onc(-c2ccc(F)cc2)c1C(=O)OC)c1ccccc1. The Kier molecular flexibility index (Phi) is 6.84. The van der Waals surface area contributed by atoms with Crippen LogP contribution in [0.25, 0.3) is 11.3 Å². The molecule has 0 aliphatic carbocycles. The molecule has 7 heteroatoms. The van der Waals surface area contributed by atoms with E-state index in [4.69, 9.17) is 9.26 Å². The minimum absolute atomic E-state index is 0.203. The third-order valence-electron chi connectivity index (χ3n) is 4.59. The molecule has 0 spiro atoms. The van der Waals surface area contributed by atoms with E-state index in [1.807, 2.05) is 18.2 Å². The fourth-order valence-electron chi connectivity index (χ4n) is 3.09. The standard InChI is InChI=1S/C22H24FN3O3/c1-3-26(18-8-5-4-6-9-18)15-7-14-24-21-19(22(27)28-2)20(25-29-21)16-10-12-17(23)13-11-16/h4-6,8-13,24H,3,7,14-15H2,1-2H3. The number of para-hydroxylation sites is 1. The number of rotatable bonds is 9. The summed E-state index contributed by atoms with van der Waals surface area (Å²) in [5.74, 6) is -0.680. The number of benzene rings is 2. The van der Waals surface area contributed by atoms with Crippen LogP contribution in [0.5, 0.6) is 0 Å². The number of nitrogens with zero attached hydrogens (tertiary/aromatic N) is 2. The van der Waals surface area contributed by atoms with E-state index in [1.54, 1.807) is 12.1 Å². The van der Waals surface area contributed by atoms with Crippen LogP contribution in [0.15, 0.2) is 59.1 Å². The van der Waals surface area contributed by atoms with Gasteiger partial charge in [-0.1, -0.05) is 23.4 Å². The molecule has 0 saturated heterocycles. The van der Waals surface area contributed by atoms with E-state index >= 15 is 0 Å². The van der Waals surface area contributed by atoms with Gasteiger partial charge in [-0.15, -0.1) is 0 Å². The van der Waals surface area contributed by atoms with Gasteiger partial charge in [0, 0.05) is 30.9 Å². The van der Waals surface area contributed by atoms with Crippen LogP contribution in [0, 0.1) is 5.82 Å². The second kappa shape index (κ2) is 9.73. The largest absolute Gasteiger partial charge is 0.465 e. The summed E-state index contributed by atoms with van der Waals surface area (Å²) in [6, 6.07) is 15.9. The summed E-state index contributed by atoms with van der Waals surface area (Å²) in [6.07, 6.45) is 0.829. The first-order valence-corrected chi connectivity index (χ1v) is 9.51. The predicted octanol–water partition coefficient (Wildman–Crippen LogP) is 4.60. The lowest BCUT2D eigenvalue weighted by Gasteiger charge is -2.23. The molecule has 1 N–H and O–H groups in total. The maximum atomic E-state index is 13.2. The first kappa shape index (κ1) is 20.4. The third-order valence-corrected chi connectivity index (χ3v) is 4.59. The lowest BCUT2D eigenvalue weighted by molar-refractivity contribution is 0.0602. The minimum Gasteiger partial charge on any atom is -0.465 e. The maximum Gasteiger partial charge on any atom is 0.345 e. The van der Waals surface area contributed by atoms with Crippen molar-refractivity contribution in [3.05, 3.63) is 66.0 Å². The number of halogens is 1. The molecule has 0 aliphatic heterocycles. The molecular formula is C22H24FN3O3. The molecule has 29 heavy (non-hydrogen) atoms. The summed E-state index contributed by atoms with van der Waals surface area (Å²) in [7, 11) is 1.30. The van der Waals surface area contributed by atoms with Crippen molar-refractivity contribution < 1.29 is 18.4 Å². The number of hydrogen-bond acceptors (Lipinski definition) is 6. The molecule has 1 heterocycles. The van der Waals surface area contributed by atoms with Crippen molar-refractivity contribution in [1.82, 2.24) is 5.16 Å². The Labute approximate surface area is 169 Å². The van der Waals surface area contributed by atoms with Crippen LogP contribution < -0.4 is 10.2 Å². The van der Waals surface area contributed by atoms with Crippen molar-refractivity contribution in [2.24, 2.45) is 0 Å². The second-order valence-corrected chi connectivity index (χ2v) is 6.43. The average Bonchev–Trinajstić information content (AvgIpc) is 3.18. The monoisotopic (exact) mass is 397 g/mol. The molecule has 0 bridgehead atoms. The first-order chi connectivity index (χ1) is 14.1. The Balaban J connectivity index is 1.67. The molecule has 152 valence electrons. The topological polar surface area (TPSA) is 67.6 Å². The Morgan fingerprint density at radius 3 is 2.55 bits per heavy atom. The highest BCUT2D eigenvalue weighted by atomic mass is 19.1. The highest BCUT2D eigenvalue weighted by Gasteiger charge is 2.24. The number of carbonyl (C=O) groups excluding carboxylic acids is 1. The minimum atomic E-state index is -0.562. The van der Waals surface area contributed by atoms with Gasteiger partial charge in [0.2, 0.25) is 5.88 Å². The zero-order valence-corrected chi connectivity index (χ0v) is 16.5. The quantitative estimate of drug-likeness (QED) is 0.421. The Morgan fingerprint density at radius 1 is 1.17 bits per heavy atom. The predicted molar refractivity (Wildman–Crippen MR) is 111 cm³/mol. The fourth-order valence-corrected chi connectivity index (χ4v) is 3.09. The van der Waals surface area contributed by atoms with E-state index in [2.05, 4.69) is 34.4 Å². The zero-order chi connectivity index (χ0) is 20.6. The molecule has 1 aromatic heterocycles. The van der Waals surface area contributed by atoms with Crippen LogP contribution >= 0.6 is 0 Å². The maximum absolute atomic E-state index is 13.2. The van der Waals surface area contributed by atoms with Crippen LogP contribution in [-0.4, -0.2) is 37.9 Å². The molecule has 0 saturated carbocycles. The van der Waals surface area contributed by atoms with E-state index in [0.29, 0.717) is 17.8 Å². The molecule has 3 rings (SSSR count). The summed E-state index contributed by atoms with van der Waals surface area (Å²) in [5, 5.41) is 7.12. The molecule has 0 amide bonds. The first-order valence-electron chi connectivity index (χ1n) is 9.51. The normalized spacial score (nSPS) is 10.6. The Bertz CT molecular complexity index is 926. The van der Waals surface area contributed by atoms with Crippen LogP contribution in [-0.2, 0) is 4.74 Å². The molecule has 0 atom stereocenters. The van der Waals surface area contributed by atoms with Gasteiger partial charge < -0.3 is 19.5 Å². The van der Waals surface area contributed by atoms with Crippen molar-refractivity contribution in [1.29, 1.82) is 0 Å². The Morgan fingerprint density at radius 2 is 1.90 bits per heavy atom. The summed E-state index contributed by atoms with van der Waals surface area (Å²) < 4.78 is 23.4. The summed E-state index contributed by atoms with van der Waals surface area (Å²) in [6.45, 7) is 4.45. The van der Waals surface area contributed by atoms with Gasteiger partial charge >= 0.3 is 5.97 Å². The number of methoxy groups -OCH3 is 1. The average molecular weight is 397 g/mol. The number of ether oxygens (including phenoxy) is 1. The molecular weight excluding hydrogens is 373 g/mol. The van der Waals surface area contributed by atoms with E-state index in [-0.39, 0.29) is 17.3 Å². The van der Waals surface area contributed by atoms with Gasteiger partial charge in [0.1, 0.15) is 11.5 Å². The van der Waals surface area contributed by atoms with Gasteiger partial charge in [-0.2, -0.15) is 0 Å². The molecule has 0 unspecified atom stereocenters. The number of nitrogens with one attached hydrogen (secondary N) is 1. The fraction of sp³-hybridized carbons (Fsp3) is 0.273. The molecule has 6 nitrogen and oxygen atoms in total. The number of carbonyl (C=O) groups is 1. The lowest BCUT2D eigenvalue weighted by atomic mass is 10.1. The van der Waals surface area contributed by atoms with Crippen LogP contribution in [0.2, 0.25) is 0 Å². The second-order valence-electron chi connectivity index (χ2n) is 6.43. The number of aromatic nitrogens is 1. The van der Waals surface area contributed by atoms with Crippen molar-refractivity contribution >= 4 is 17.5 Å². The van der Waals surface area contributed by atoms with Crippen molar-refractivity contribution in [2.45, 2.75) is 13.3 Å². The summed E-state index contributed by atoms with van der Waals surface area (Å²) >= 11 is 0. The van der Waals surface area contributed by atoms with Gasteiger partial charge in [-0.3, -0.25) is 0 Å². The van der Waals surface area contributed by atoms with Crippen molar-refractivity contribution in [2.75, 3.05) is 37.0 Å². The molecule has 2 aromatic carbocycles. The third kappa shape index (κ3) is 4.93. The van der Waals surface area contributed by atoms with Crippen LogP contribution in [0.3, 0.4) is 0 Å². The van der Waals surface area contributed by atoms with Gasteiger partial charge in [-0.25, -0.2) is 9.18 Å². The van der Waals surface area contributed by atoms with Gasteiger partial charge in [-0.05, 0) is 49.7 Å². The smallest absolute Gasteiger partial charge is 0.345 e. The van der Waals surface area contributed by atoms with E-state index in [1.165, 1.54) is 24.9 Å². The Hall–Kier alpha value is -3.35. The van der Waals surface area contributed by atoms with Gasteiger partial charge in [0.05, 0.1) is 7.11 Å². The zero-order valence-electron chi connectivity index (χ0n) is 16.5. The van der Waals surface area contributed by atoms with E-state index in [9.17, 15) is 9.18 Å². The van der Waals surface area contributed by atoms with E-state index < -0.39 is 5.97 Å². The molecule has 0 aliphatic rings. The molecule has 0 fully saturated rings. The van der Waals surface area contributed by atoms with E-state index in [0.717, 1.165) is 19.5 Å². The van der Waals surface area contributed by atoms with Crippen LogP contribution in [0.1, 0.15) is 23.7 Å². The van der Waals surface area contributed by atoms with Crippen molar-refractivity contribution in [3.8, 4) is 11.3 Å². The number of anilines is 2. The number of hydrogen-bond donors (Lipinski definition) is 1.